The van der Waals surface area contributed by atoms with Crippen LogP contribution >= 0.6 is 11.8 Å². The zero-order chi connectivity index (χ0) is 14.6. The van der Waals surface area contributed by atoms with Gasteiger partial charge in [0.1, 0.15) is 5.54 Å². The topological polar surface area (TPSA) is 86.5 Å². The Morgan fingerprint density at radius 1 is 1.50 bits per heavy atom. The molecule has 0 bridgehead atoms. The SMILES string of the molecule is CNC(C#N)(CSc1n[nH]c(=O)n1C)c1ccccc1. The molecule has 1 aromatic carbocycles. The van der Waals surface area contributed by atoms with Gasteiger partial charge >= 0.3 is 5.69 Å². The Kier molecular flexibility index (Phi) is 4.27. The largest absolute Gasteiger partial charge is 0.343 e. The summed E-state index contributed by atoms with van der Waals surface area (Å²) in [5.74, 6) is 0.447. The van der Waals surface area contributed by atoms with Crippen LogP contribution in [0.1, 0.15) is 5.56 Å². The molecule has 104 valence electrons. The molecule has 2 rings (SSSR count). The maximum atomic E-state index is 11.3. The lowest BCUT2D eigenvalue weighted by atomic mass is 9.94. The molecule has 0 amide bonds. The summed E-state index contributed by atoms with van der Waals surface area (Å²) < 4.78 is 1.42. The third kappa shape index (κ3) is 2.61. The number of nitriles is 1. The lowest BCUT2D eigenvalue weighted by Gasteiger charge is -2.25. The Morgan fingerprint density at radius 2 is 2.20 bits per heavy atom. The number of nitrogens with zero attached hydrogens (tertiary/aromatic N) is 3. The van der Waals surface area contributed by atoms with Crippen LogP contribution in [0.25, 0.3) is 0 Å². The van der Waals surface area contributed by atoms with Crippen LogP contribution in [-0.4, -0.2) is 27.6 Å². The standard InChI is InChI=1S/C13H15N5OS/c1-15-13(8-14,10-6-4-3-5-7-10)9-20-12-17-16-11(19)18(12)2/h3-7,15H,9H2,1-2H3,(H,16,19). The third-order valence-corrected chi connectivity index (χ3v) is 4.34. The quantitative estimate of drug-likeness (QED) is 0.797. The van der Waals surface area contributed by atoms with Gasteiger partial charge < -0.3 is 0 Å². The van der Waals surface area contributed by atoms with E-state index in [1.54, 1.807) is 14.1 Å². The van der Waals surface area contributed by atoms with Crippen molar-refractivity contribution in [3.63, 3.8) is 0 Å². The molecular weight excluding hydrogens is 274 g/mol. The number of benzene rings is 1. The average molecular weight is 289 g/mol. The number of nitrogens with one attached hydrogen (secondary N) is 2. The first-order chi connectivity index (χ1) is 9.63. The number of thioether (sulfide) groups is 1. The lowest BCUT2D eigenvalue weighted by Crippen LogP contribution is -2.41. The molecule has 0 saturated carbocycles. The van der Waals surface area contributed by atoms with Gasteiger partial charge in [-0.3, -0.25) is 9.88 Å². The molecule has 0 aliphatic carbocycles. The number of hydrogen-bond donors (Lipinski definition) is 2. The van der Waals surface area contributed by atoms with Crippen molar-refractivity contribution in [2.75, 3.05) is 12.8 Å². The van der Waals surface area contributed by atoms with Gasteiger partial charge in [0.25, 0.3) is 0 Å². The van der Waals surface area contributed by atoms with Crippen LogP contribution in [0.3, 0.4) is 0 Å². The van der Waals surface area contributed by atoms with Gasteiger partial charge in [0, 0.05) is 12.8 Å². The fourth-order valence-corrected chi connectivity index (χ4v) is 2.92. The first kappa shape index (κ1) is 14.4. The van der Waals surface area contributed by atoms with Gasteiger partial charge in [0.05, 0.1) is 6.07 Å². The molecule has 1 heterocycles. The molecule has 2 N–H and O–H groups in total. The summed E-state index contributed by atoms with van der Waals surface area (Å²) in [4.78, 5) is 11.3. The number of rotatable bonds is 5. The van der Waals surface area contributed by atoms with E-state index in [2.05, 4.69) is 21.6 Å². The molecular formula is C13H15N5OS. The van der Waals surface area contributed by atoms with Crippen LogP contribution in [0.5, 0.6) is 0 Å². The zero-order valence-electron chi connectivity index (χ0n) is 11.3. The normalized spacial score (nSPS) is 13.7. The molecule has 0 saturated heterocycles. The van der Waals surface area contributed by atoms with Crippen molar-refractivity contribution in [1.82, 2.24) is 20.1 Å². The van der Waals surface area contributed by atoms with E-state index >= 15 is 0 Å². The second-order valence-corrected chi connectivity index (χ2v) is 5.23. The predicted molar refractivity (Wildman–Crippen MR) is 77.3 cm³/mol. The third-order valence-electron chi connectivity index (χ3n) is 3.14. The molecule has 1 aromatic heterocycles. The van der Waals surface area contributed by atoms with Crippen molar-refractivity contribution in [3.05, 3.63) is 46.4 Å². The fourth-order valence-electron chi connectivity index (χ4n) is 1.81. The summed E-state index contributed by atoms with van der Waals surface area (Å²) in [6, 6.07) is 11.8. The predicted octanol–water partition coefficient (Wildman–Crippen LogP) is 0.839. The van der Waals surface area contributed by atoms with E-state index in [1.165, 1.54) is 16.3 Å². The molecule has 0 fully saturated rings. The van der Waals surface area contributed by atoms with Gasteiger partial charge in [-0.1, -0.05) is 42.1 Å². The summed E-state index contributed by atoms with van der Waals surface area (Å²) in [5, 5.41) is 19.5. The summed E-state index contributed by atoms with van der Waals surface area (Å²) in [6.07, 6.45) is 0. The smallest absolute Gasteiger partial charge is 0.298 e. The second kappa shape index (κ2) is 5.94. The maximum Gasteiger partial charge on any atom is 0.343 e. The summed E-state index contributed by atoms with van der Waals surface area (Å²) in [6.45, 7) is 0. The van der Waals surface area contributed by atoms with Crippen LogP contribution in [0.4, 0.5) is 0 Å². The van der Waals surface area contributed by atoms with E-state index in [0.29, 0.717) is 10.9 Å². The van der Waals surface area contributed by atoms with Crippen molar-refractivity contribution in [1.29, 1.82) is 5.26 Å². The first-order valence-electron chi connectivity index (χ1n) is 6.03. The Hall–Kier alpha value is -2.04. The number of aromatic amines is 1. The van der Waals surface area contributed by atoms with E-state index in [1.807, 2.05) is 30.3 Å². The summed E-state index contributed by atoms with van der Waals surface area (Å²) in [5.41, 5.74) is -0.196. The first-order valence-corrected chi connectivity index (χ1v) is 7.01. The summed E-state index contributed by atoms with van der Waals surface area (Å²) >= 11 is 1.35. The van der Waals surface area contributed by atoms with Crippen LogP contribution in [-0.2, 0) is 12.6 Å². The molecule has 0 aliphatic heterocycles. The fraction of sp³-hybridized carbons (Fsp3) is 0.308. The molecule has 1 atom stereocenters. The van der Waals surface area contributed by atoms with Gasteiger partial charge in [-0.05, 0) is 12.6 Å². The number of H-pyrrole nitrogens is 1. The van der Waals surface area contributed by atoms with Crippen LogP contribution in [0.2, 0.25) is 0 Å². The second-order valence-electron chi connectivity index (χ2n) is 4.29. The molecule has 2 aromatic rings. The van der Waals surface area contributed by atoms with E-state index in [-0.39, 0.29) is 5.69 Å². The van der Waals surface area contributed by atoms with Gasteiger partial charge in [-0.2, -0.15) is 5.26 Å². The molecule has 0 radical (unpaired) electrons. The van der Waals surface area contributed by atoms with Crippen molar-refractivity contribution < 1.29 is 0 Å². The Balaban J connectivity index is 2.25. The Labute approximate surface area is 120 Å². The van der Waals surface area contributed by atoms with Gasteiger partial charge in [-0.15, -0.1) is 5.10 Å². The van der Waals surface area contributed by atoms with Crippen molar-refractivity contribution >= 4 is 11.8 Å². The lowest BCUT2D eigenvalue weighted by molar-refractivity contribution is 0.527. The molecule has 7 heteroatoms. The minimum absolute atomic E-state index is 0.265. The van der Waals surface area contributed by atoms with Gasteiger partial charge in [0.2, 0.25) is 0 Å². The molecule has 0 spiro atoms. The minimum atomic E-state index is -0.819. The molecule has 0 aliphatic rings. The molecule has 1 unspecified atom stereocenters. The molecule has 20 heavy (non-hydrogen) atoms. The van der Waals surface area contributed by atoms with Crippen LogP contribution in [0.15, 0.2) is 40.3 Å². The highest BCUT2D eigenvalue weighted by molar-refractivity contribution is 7.99. The van der Waals surface area contributed by atoms with Gasteiger partial charge in [-0.25, -0.2) is 9.89 Å². The Morgan fingerprint density at radius 3 is 2.70 bits per heavy atom. The summed E-state index contributed by atoms with van der Waals surface area (Å²) in [7, 11) is 3.39. The van der Waals surface area contributed by atoms with E-state index in [0.717, 1.165) is 5.56 Å². The van der Waals surface area contributed by atoms with Crippen molar-refractivity contribution in [3.8, 4) is 6.07 Å². The van der Waals surface area contributed by atoms with E-state index in [9.17, 15) is 10.1 Å². The minimum Gasteiger partial charge on any atom is -0.298 e. The average Bonchev–Trinajstić information content (AvgIpc) is 2.82. The van der Waals surface area contributed by atoms with E-state index < -0.39 is 5.54 Å². The number of aromatic nitrogens is 3. The van der Waals surface area contributed by atoms with Crippen molar-refractivity contribution in [2.45, 2.75) is 10.7 Å². The van der Waals surface area contributed by atoms with Crippen molar-refractivity contribution in [2.24, 2.45) is 7.05 Å². The maximum absolute atomic E-state index is 11.3. The highest BCUT2D eigenvalue weighted by Gasteiger charge is 2.31. The van der Waals surface area contributed by atoms with E-state index in [4.69, 9.17) is 0 Å². The highest BCUT2D eigenvalue weighted by atomic mass is 32.2. The number of hydrogen-bond acceptors (Lipinski definition) is 5. The highest BCUT2D eigenvalue weighted by Crippen LogP contribution is 2.27. The molecule has 6 nitrogen and oxygen atoms in total. The van der Waals surface area contributed by atoms with Crippen LogP contribution < -0.4 is 11.0 Å². The zero-order valence-corrected chi connectivity index (χ0v) is 12.1. The van der Waals surface area contributed by atoms with Gasteiger partial charge in [0.15, 0.2) is 5.16 Å². The Bertz CT molecular complexity index is 672. The monoisotopic (exact) mass is 289 g/mol. The van der Waals surface area contributed by atoms with Crippen LogP contribution in [0, 0.1) is 11.3 Å².